The van der Waals surface area contributed by atoms with Gasteiger partial charge >= 0.3 is 0 Å². The molecule has 2 aliphatic rings. The van der Waals surface area contributed by atoms with Gasteiger partial charge < -0.3 is 10.6 Å². The number of hydrogen-bond acceptors (Lipinski definition) is 4. The lowest BCUT2D eigenvalue weighted by molar-refractivity contribution is -0.140. The first-order valence-corrected chi connectivity index (χ1v) is 8.46. The molecule has 128 valence electrons. The minimum Gasteiger partial charge on any atom is -0.340 e. The Hall–Kier alpha value is -2.21. The predicted octanol–water partition coefficient (Wildman–Crippen LogP) is 0.640. The van der Waals surface area contributed by atoms with Crippen LogP contribution >= 0.6 is 0 Å². The molecule has 1 aromatic rings. The molecule has 6 heteroatoms. The lowest BCUT2D eigenvalue weighted by Gasteiger charge is -2.19. The van der Waals surface area contributed by atoms with Crippen LogP contribution < -0.4 is 10.6 Å². The third-order valence-electron chi connectivity index (χ3n) is 4.62. The van der Waals surface area contributed by atoms with Crippen molar-refractivity contribution in [3.05, 3.63) is 34.9 Å². The SMILES string of the molecule is CC(C)N1C(=O)CC(NC(=O)c2ccc3c(c2)CCNCC3)C1=O. The van der Waals surface area contributed by atoms with E-state index in [0.717, 1.165) is 25.9 Å². The van der Waals surface area contributed by atoms with Gasteiger partial charge in [0.25, 0.3) is 11.8 Å². The lowest BCUT2D eigenvalue weighted by Crippen LogP contribution is -2.43. The number of likely N-dealkylation sites (tertiary alicyclic amines) is 1. The molecule has 0 aromatic heterocycles. The van der Waals surface area contributed by atoms with Crippen LogP contribution in [-0.4, -0.2) is 47.8 Å². The van der Waals surface area contributed by atoms with Gasteiger partial charge in [0.2, 0.25) is 5.91 Å². The summed E-state index contributed by atoms with van der Waals surface area (Å²) < 4.78 is 0. The molecule has 1 unspecified atom stereocenters. The molecule has 1 saturated heterocycles. The van der Waals surface area contributed by atoms with E-state index in [1.807, 2.05) is 12.1 Å². The summed E-state index contributed by atoms with van der Waals surface area (Å²) in [5, 5.41) is 6.06. The topological polar surface area (TPSA) is 78.5 Å². The molecule has 1 atom stereocenters. The van der Waals surface area contributed by atoms with E-state index in [4.69, 9.17) is 0 Å². The standard InChI is InChI=1S/C18H23N3O3/c1-11(2)21-16(22)10-15(18(21)24)20-17(23)14-4-3-12-5-7-19-8-6-13(12)9-14/h3-4,9,11,15,19H,5-8,10H2,1-2H3,(H,20,23). The number of rotatable bonds is 3. The average Bonchev–Trinajstić information content (AvgIpc) is 2.72. The Kier molecular flexibility index (Phi) is 4.66. The van der Waals surface area contributed by atoms with Crippen molar-refractivity contribution in [1.82, 2.24) is 15.5 Å². The molecule has 24 heavy (non-hydrogen) atoms. The van der Waals surface area contributed by atoms with Gasteiger partial charge in [0, 0.05) is 11.6 Å². The van der Waals surface area contributed by atoms with Gasteiger partial charge in [-0.3, -0.25) is 19.3 Å². The zero-order chi connectivity index (χ0) is 17.3. The number of carbonyl (C=O) groups is 3. The van der Waals surface area contributed by atoms with Gasteiger partial charge in [-0.2, -0.15) is 0 Å². The summed E-state index contributed by atoms with van der Waals surface area (Å²) in [6, 6.07) is 4.74. The third-order valence-corrected chi connectivity index (χ3v) is 4.62. The Labute approximate surface area is 141 Å². The highest BCUT2D eigenvalue weighted by molar-refractivity contribution is 6.08. The lowest BCUT2D eigenvalue weighted by atomic mass is 9.99. The van der Waals surface area contributed by atoms with Crippen molar-refractivity contribution in [2.45, 2.75) is 45.2 Å². The minimum absolute atomic E-state index is 0.0393. The number of hydrogen-bond donors (Lipinski definition) is 2. The van der Waals surface area contributed by atoms with Crippen LogP contribution in [0.15, 0.2) is 18.2 Å². The first-order valence-electron chi connectivity index (χ1n) is 8.46. The molecule has 2 aliphatic heterocycles. The van der Waals surface area contributed by atoms with E-state index in [1.54, 1.807) is 19.9 Å². The minimum atomic E-state index is -0.757. The first kappa shape index (κ1) is 16.6. The third kappa shape index (κ3) is 3.19. The highest BCUT2D eigenvalue weighted by atomic mass is 16.2. The summed E-state index contributed by atoms with van der Waals surface area (Å²) in [5.41, 5.74) is 2.97. The van der Waals surface area contributed by atoms with Crippen LogP contribution in [-0.2, 0) is 22.4 Å². The summed E-state index contributed by atoms with van der Waals surface area (Å²) in [7, 11) is 0. The Balaban J connectivity index is 1.73. The van der Waals surface area contributed by atoms with E-state index in [-0.39, 0.29) is 30.2 Å². The van der Waals surface area contributed by atoms with Crippen molar-refractivity contribution in [2.24, 2.45) is 0 Å². The molecule has 1 fully saturated rings. The molecule has 3 rings (SSSR count). The second-order valence-electron chi connectivity index (χ2n) is 6.66. The van der Waals surface area contributed by atoms with Crippen molar-refractivity contribution in [1.29, 1.82) is 0 Å². The van der Waals surface area contributed by atoms with Crippen LogP contribution in [0.5, 0.6) is 0 Å². The molecule has 2 heterocycles. The fourth-order valence-corrected chi connectivity index (χ4v) is 3.36. The summed E-state index contributed by atoms with van der Waals surface area (Å²) >= 11 is 0. The molecule has 0 spiro atoms. The van der Waals surface area contributed by atoms with Crippen LogP contribution in [0.1, 0.15) is 41.8 Å². The molecule has 0 radical (unpaired) electrons. The fraction of sp³-hybridized carbons (Fsp3) is 0.500. The summed E-state index contributed by atoms with van der Waals surface area (Å²) in [5.74, 6) is -0.845. The summed E-state index contributed by atoms with van der Waals surface area (Å²) in [4.78, 5) is 37.9. The molecular formula is C18H23N3O3. The van der Waals surface area contributed by atoms with Gasteiger partial charge in [-0.25, -0.2) is 0 Å². The molecular weight excluding hydrogens is 306 g/mol. The first-order chi connectivity index (χ1) is 11.5. The monoisotopic (exact) mass is 329 g/mol. The Morgan fingerprint density at radius 2 is 1.92 bits per heavy atom. The maximum absolute atomic E-state index is 12.5. The van der Waals surface area contributed by atoms with Crippen LogP contribution in [0.25, 0.3) is 0 Å². The molecule has 6 nitrogen and oxygen atoms in total. The van der Waals surface area contributed by atoms with Gasteiger partial charge in [-0.15, -0.1) is 0 Å². The van der Waals surface area contributed by atoms with Crippen molar-refractivity contribution in [2.75, 3.05) is 13.1 Å². The van der Waals surface area contributed by atoms with Crippen LogP contribution in [0.2, 0.25) is 0 Å². The number of benzene rings is 1. The summed E-state index contributed by atoms with van der Waals surface area (Å²) in [6.07, 6.45) is 1.88. The van der Waals surface area contributed by atoms with Gasteiger partial charge in [-0.05, 0) is 63.0 Å². The van der Waals surface area contributed by atoms with Gasteiger partial charge in [0.1, 0.15) is 6.04 Å². The van der Waals surface area contributed by atoms with Gasteiger partial charge in [0.15, 0.2) is 0 Å². The van der Waals surface area contributed by atoms with E-state index in [1.165, 1.54) is 16.0 Å². The van der Waals surface area contributed by atoms with Crippen molar-refractivity contribution in [3.63, 3.8) is 0 Å². The quantitative estimate of drug-likeness (QED) is 0.798. The molecule has 0 aliphatic carbocycles. The second-order valence-corrected chi connectivity index (χ2v) is 6.66. The molecule has 0 bridgehead atoms. The van der Waals surface area contributed by atoms with Crippen LogP contribution in [0.4, 0.5) is 0 Å². The van der Waals surface area contributed by atoms with Crippen LogP contribution in [0.3, 0.4) is 0 Å². The van der Waals surface area contributed by atoms with E-state index in [9.17, 15) is 14.4 Å². The highest BCUT2D eigenvalue weighted by Gasteiger charge is 2.40. The van der Waals surface area contributed by atoms with Crippen molar-refractivity contribution >= 4 is 17.7 Å². The van der Waals surface area contributed by atoms with E-state index >= 15 is 0 Å². The highest BCUT2D eigenvalue weighted by Crippen LogP contribution is 2.18. The maximum Gasteiger partial charge on any atom is 0.252 e. The number of carbonyl (C=O) groups excluding carboxylic acids is 3. The van der Waals surface area contributed by atoms with E-state index < -0.39 is 6.04 Å². The smallest absolute Gasteiger partial charge is 0.252 e. The van der Waals surface area contributed by atoms with Crippen molar-refractivity contribution in [3.8, 4) is 0 Å². The largest absolute Gasteiger partial charge is 0.340 e. The summed E-state index contributed by atoms with van der Waals surface area (Å²) in [6.45, 7) is 5.43. The number of imide groups is 1. The second kappa shape index (κ2) is 6.73. The van der Waals surface area contributed by atoms with E-state index in [0.29, 0.717) is 5.56 Å². The number of nitrogens with zero attached hydrogens (tertiary/aromatic N) is 1. The average molecular weight is 329 g/mol. The number of nitrogens with one attached hydrogen (secondary N) is 2. The maximum atomic E-state index is 12.5. The van der Waals surface area contributed by atoms with Crippen LogP contribution in [0, 0.1) is 0 Å². The molecule has 0 saturated carbocycles. The Morgan fingerprint density at radius 1 is 1.21 bits per heavy atom. The zero-order valence-electron chi connectivity index (χ0n) is 14.1. The zero-order valence-corrected chi connectivity index (χ0v) is 14.1. The molecule has 2 N–H and O–H groups in total. The Morgan fingerprint density at radius 3 is 2.58 bits per heavy atom. The van der Waals surface area contributed by atoms with Gasteiger partial charge in [0.05, 0.1) is 6.42 Å². The Bertz CT molecular complexity index is 684. The number of fused-ring (bicyclic) bond motifs is 1. The number of amides is 3. The predicted molar refractivity (Wildman–Crippen MR) is 89.6 cm³/mol. The fourth-order valence-electron chi connectivity index (χ4n) is 3.36. The normalized spacial score (nSPS) is 21.0. The van der Waals surface area contributed by atoms with E-state index in [2.05, 4.69) is 10.6 Å². The molecule has 3 amide bonds. The molecule has 1 aromatic carbocycles. The van der Waals surface area contributed by atoms with Crippen molar-refractivity contribution < 1.29 is 14.4 Å². The van der Waals surface area contributed by atoms with Gasteiger partial charge in [-0.1, -0.05) is 6.07 Å².